The second-order valence-electron chi connectivity index (χ2n) is 15.2. The summed E-state index contributed by atoms with van der Waals surface area (Å²) in [5.74, 6) is 0. The van der Waals surface area contributed by atoms with Gasteiger partial charge >= 0.3 is 31.0 Å². The Morgan fingerprint density at radius 3 is 0.836 bits per heavy atom. The van der Waals surface area contributed by atoms with Gasteiger partial charge in [0.1, 0.15) is 0 Å². The van der Waals surface area contributed by atoms with Crippen LogP contribution in [0.15, 0.2) is 110 Å². The number of hydrogen-bond donors (Lipinski definition) is 0. The summed E-state index contributed by atoms with van der Waals surface area (Å²) in [6.45, 7) is 17.0. The van der Waals surface area contributed by atoms with Crippen LogP contribution in [0.5, 0.6) is 0 Å². The van der Waals surface area contributed by atoms with E-state index in [0.717, 1.165) is 60.3 Å². The van der Waals surface area contributed by atoms with Crippen molar-refractivity contribution in [3.8, 4) is 0 Å². The normalized spacial score (nSPS) is 11.7. The van der Waals surface area contributed by atoms with Gasteiger partial charge in [-0.2, -0.15) is 0 Å². The largest absolute Gasteiger partial charge is 2.00 e. The molecule has 61 heavy (non-hydrogen) atoms. The summed E-state index contributed by atoms with van der Waals surface area (Å²) in [6.07, 6.45) is 11.3. The van der Waals surface area contributed by atoms with Gasteiger partial charge in [0, 0.05) is 64.1 Å². The van der Waals surface area contributed by atoms with E-state index < -0.39 is 14.5 Å². The van der Waals surface area contributed by atoms with Gasteiger partial charge in [-0.3, -0.25) is 29.7 Å². The molecule has 0 unspecified atom stereocenters. The third-order valence-corrected chi connectivity index (χ3v) is 7.67. The fourth-order valence-corrected chi connectivity index (χ4v) is 5.07. The molecular formula is C38H48B2F8N12Ni. The summed E-state index contributed by atoms with van der Waals surface area (Å²) in [5.41, 5.74) is 5.87. The molecule has 6 aromatic rings. The first-order valence-corrected chi connectivity index (χ1v) is 18.6. The number of hydrogen-bond acceptors (Lipinski definition) is 10. The van der Waals surface area contributed by atoms with E-state index in [0.29, 0.717) is 13.1 Å². The zero-order chi connectivity index (χ0) is 44.4. The summed E-state index contributed by atoms with van der Waals surface area (Å²) < 4.78 is 81.8. The summed E-state index contributed by atoms with van der Waals surface area (Å²) in [6, 6.07) is 23.9. The zero-order valence-corrected chi connectivity index (χ0v) is 35.5. The summed E-state index contributed by atoms with van der Waals surface area (Å²) >= 11 is 0. The maximum Gasteiger partial charge on any atom is 2.00 e. The van der Waals surface area contributed by atoms with Crippen molar-refractivity contribution in [3.63, 3.8) is 0 Å². The van der Waals surface area contributed by atoms with Crippen LogP contribution in [0.4, 0.5) is 34.5 Å². The molecule has 0 aliphatic heterocycles. The van der Waals surface area contributed by atoms with Gasteiger partial charge in [0.25, 0.3) is 0 Å². The molecule has 0 amide bonds. The summed E-state index contributed by atoms with van der Waals surface area (Å²) in [7, 11) is -12.0. The van der Waals surface area contributed by atoms with E-state index in [4.69, 9.17) is 0 Å². The van der Waals surface area contributed by atoms with E-state index in [9.17, 15) is 34.5 Å². The van der Waals surface area contributed by atoms with E-state index in [1.54, 1.807) is 0 Å². The molecule has 6 aromatic heterocycles. The molecule has 0 atom stereocenters. The third kappa shape index (κ3) is 23.4. The zero-order valence-electron chi connectivity index (χ0n) is 34.5. The predicted molar refractivity (Wildman–Crippen MR) is 213 cm³/mol. The molecule has 0 aliphatic carbocycles. The van der Waals surface area contributed by atoms with Gasteiger partial charge in [-0.05, 0) is 90.1 Å². The number of rotatable bonds is 12. The molecule has 23 heteroatoms. The molecule has 12 nitrogen and oxygen atoms in total. The fraction of sp³-hybridized carbons (Fsp3) is 0.368. The number of pyridine rings is 4. The number of nitrogens with zero attached hydrogens (tertiary/aromatic N) is 12. The molecular weight excluding hydrogens is 857 g/mol. The molecule has 332 valence electrons. The Labute approximate surface area is 360 Å². The molecule has 0 saturated carbocycles. The fourth-order valence-electron chi connectivity index (χ4n) is 5.07. The first kappa shape index (κ1) is 52.0. The molecule has 0 saturated heterocycles. The molecule has 0 aromatic carbocycles. The van der Waals surface area contributed by atoms with E-state index in [1.807, 2.05) is 119 Å². The van der Waals surface area contributed by atoms with Crippen LogP contribution in [0.3, 0.4) is 0 Å². The standard InChI is InChI=1S/2C19H24N6.2BF4.Ni/c2*1-19(2,3)25-15-18(22-23-25)14-24(12-16-8-4-6-10-20-16)13-17-9-5-7-11-21-17;2*2-1(3,4)5;/h2*4-11,15H,12-14H2,1-3H3;;;/q;;2*-1;+2. The summed E-state index contributed by atoms with van der Waals surface area (Å²) in [4.78, 5) is 22.3. The molecule has 0 radical (unpaired) electrons. The molecule has 0 N–H and O–H groups in total. The van der Waals surface area contributed by atoms with Crippen molar-refractivity contribution in [3.05, 3.63) is 144 Å². The Bertz CT molecular complexity index is 1820. The smallest absolute Gasteiger partial charge is 0.418 e. The SMILES string of the molecule is CC(C)(C)n1cc(CN(Cc2ccccn2)Cc2ccccn2)nn1.CC(C)(C)n1cc(CN(Cc2ccccn2)Cc2ccccn2)nn1.F[B-](F)(F)F.F[B-](F)(F)F.[Ni+2]. The Kier molecular flexibility index (Phi) is 20.8. The Morgan fingerprint density at radius 2 is 0.656 bits per heavy atom. The quantitative estimate of drug-likeness (QED) is 0.0873. The van der Waals surface area contributed by atoms with Crippen molar-refractivity contribution in [1.82, 2.24) is 59.7 Å². The van der Waals surface area contributed by atoms with Crippen LogP contribution in [0.1, 0.15) is 75.7 Å². The van der Waals surface area contributed by atoms with Crippen molar-refractivity contribution in [2.24, 2.45) is 0 Å². The van der Waals surface area contributed by atoms with Gasteiger partial charge in [-0.1, -0.05) is 34.7 Å². The van der Waals surface area contributed by atoms with Crippen LogP contribution in [-0.2, 0) is 66.8 Å². The minimum atomic E-state index is -6.00. The number of aromatic nitrogens is 10. The topological polar surface area (TPSA) is 119 Å². The first-order chi connectivity index (χ1) is 28.0. The maximum atomic E-state index is 9.75. The van der Waals surface area contributed by atoms with Crippen molar-refractivity contribution >= 4 is 14.5 Å². The van der Waals surface area contributed by atoms with Gasteiger partial charge in [0.2, 0.25) is 0 Å². The molecule has 0 aliphatic rings. The Balaban J connectivity index is 0.000000340. The predicted octanol–water partition coefficient (Wildman–Crippen LogP) is 8.65. The van der Waals surface area contributed by atoms with Gasteiger partial charge in [-0.25, -0.2) is 9.36 Å². The molecule has 0 bridgehead atoms. The van der Waals surface area contributed by atoms with Crippen LogP contribution >= 0.6 is 0 Å². The van der Waals surface area contributed by atoms with Crippen molar-refractivity contribution < 1.29 is 51.0 Å². The van der Waals surface area contributed by atoms with Crippen LogP contribution in [0, 0.1) is 0 Å². The average Bonchev–Trinajstić information content (AvgIpc) is 3.83. The second kappa shape index (κ2) is 24.3. The monoisotopic (exact) mass is 904 g/mol. The van der Waals surface area contributed by atoms with Gasteiger partial charge in [0.05, 0.1) is 57.6 Å². The Morgan fingerprint density at radius 1 is 0.426 bits per heavy atom. The van der Waals surface area contributed by atoms with Crippen molar-refractivity contribution in [1.29, 1.82) is 0 Å². The number of halogens is 8. The first-order valence-electron chi connectivity index (χ1n) is 18.6. The molecule has 0 spiro atoms. The molecule has 0 fully saturated rings. The average molecular weight is 905 g/mol. The Hall–Kier alpha value is -5.14. The van der Waals surface area contributed by atoms with Gasteiger partial charge in [0.15, 0.2) is 0 Å². The van der Waals surface area contributed by atoms with Crippen molar-refractivity contribution in [2.45, 2.75) is 91.9 Å². The van der Waals surface area contributed by atoms with Crippen LogP contribution in [0.2, 0.25) is 0 Å². The minimum absolute atomic E-state index is 0. The third-order valence-electron chi connectivity index (χ3n) is 7.67. The van der Waals surface area contributed by atoms with E-state index in [-0.39, 0.29) is 27.6 Å². The van der Waals surface area contributed by atoms with Crippen LogP contribution in [0.25, 0.3) is 0 Å². The van der Waals surface area contributed by atoms with Gasteiger partial charge < -0.3 is 34.5 Å². The maximum absolute atomic E-state index is 9.75. The van der Waals surface area contributed by atoms with E-state index in [1.165, 1.54) is 0 Å². The molecule has 6 heterocycles. The van der Waals surface area contributed by atoms with Gasteiger partial charge in [-0.15, -0.1) is 10.2 Å². The van der Waals surface area contributed by atoms with Crippen molar-refractivity contribution in [2.75, 3.05) is 0 Å². The summed E-state index contributed by atoms with van der Waals surface area (Å²) in [5, 5.41) is 17.2. The molecule has 6 rings (SSSR count). The van der Waals surface area contributed by atoms with E-state index >= 15 is 0 Å². The van der Waals surface area contributed by atoms with Crippen LogP contribution < -0.4 is 0 Å². The second-order valence-corrected chi connectivity index (χ2v) is 15.2. The van der Waals surface area contributed by atoms with Crippen LogP contribution in [-0.4, -0.2) is 74.2 Å². The minimum Gasteiger partial charge on any atom is -0.418 e. The van der Waals surface area contributed by atoms with E-state index in [2.05, 4.69) is 91.9 Å².